The largest absolute Gasteiger partial charge is 0.398 e. The summed E-state index contributed by atoms with van der Waals surface area (Å²) < 4.78 is 3.47. The first kappa shape index (κ1) is 9.39. The summed E-state index contributed by atoms with van der Waals surface area (Å²) >= 11 is 0. The Hall–Kier alpha value is 0.0231. The Balaban J connectivity index is 0. The van der Waals surface area contributed by atoms with Crippen molar-refractivity contribution in [2.45, 2.75) is 0 Å². The van der Waals surface area contributed by atoms with Crippen molar-refractivity contribution in [3.05, 3.63) is 0 Å². The topological polar surface area (TPSA) is 43.4 Å². The molecule has 0 aromatic rings. The van der Waals surface area contributed by atoms with Crippen LogP contribution < -0.4 is 0 Å². The molecule has 3 nitrogen and oxygen atoms in total. The summed E-state index contributed by atoms with van der Waals surface area (Å²) in [6, 6.07) is 0. The fraction of sp³-hybridized carbons (Fsp3) is 0. The fourth-order valence-corrected chi connectivity index (χ4v) is 0.0227. The molecule has 0 aliphatic heterocycles. The molecule has 0 aliphatic carbocycles. The minimum atomic E-state index is 0. The van der Waals surface area contributed by atoms with Crippen LogP contribution in [0, 0.1) is 0 Å². The van der Waals surface area contributed by atoms with Crippen molar-refractivity contribution >= 4 is 12.9 Å². The van der Waals surface area contributed by atoms with E-state index in [2.05, 4.69) is 4.74 Å². The van der Waals surface area contributed by atoms with Crippen molar-refractivity contribution in [2.75, 3.05) is 0 Å². The molecule has 0 saturated heterocycles. The number of hydrogen-bond acceptors (Lipinski definition) is 3. The van der Waals surface area contributed by atoms with Crippen LogP contribution >= 0.6 is 0 Å². The second-order valence-corrected chi connectivity index (χ2v) is 0.329. The molecule has 0 N–H and O–H groups in total. The zero-order valence-electron chi connectivity index (χ0n) is 2.88. The van der Waals surface area contributed by atoms with Crippen LogP contribution in [-0.4, -0.2) is 12.9 Å². The number of carbonyl (C=O) groups excluding carboxylic acids is 2. The van der Waals surface area contributed by atoms with Crippen LogP contribution in [0.15, 0.2) is 0 Å². The van der Waals surface area contributed by atoms with E-state index in [-0.39, 0.29) is 39.1 Å². The maximum absolute atomic E-state index is 8.95. The van der Waals surface area contributed by atoms with Crippen LogP contribution in [0.25, 0.3) is 0 Å². The number of rotatable bonds is 2. The van der Waals surface area contributed by atoms with Gasteiger partial charge in [-0.25, -0.2) is 0 Å². The molecule has 0 amide bonds. The molecule has 6 heavy (non-hydrogen) atoms. The predicted molar refractivity (Wildman–Crippen MR) is 13.2 cm³/mol. The molecule has 0 rings (SSSR count). The standard InChI is InChI=1S/C2H2O3.Zr/c3-1-5-2-4;/h1-2H;. The zero-order chi connectivity index (χ0) is 4.12. The average molecular weight is 165 g/mol. The smallest absolute Gasteiger partial charge is 0.300 e. The van der Waals surface area contributed by atoms with Gasteiger partial charge in [0.15, 0.2) is 0 Å². The Labute approximate surface area is 53.8 Å². The normalized spacial score (nSPS) is 4.67. The summed E-state index contributed by atoms with van der Waals surface area (Å²) in [5.41, 5.74) is 0. The second-order valence-electron chi connectivity index (χ2n) is 0.329. The Morgan fingerprint density at radius 3 is 1.50 bits per heavy atom. The van der Waals surface area contributed by atoms with Gasteiger partial charge in [0.25, 0.3) is 0 Å². The van der Waals surface area contributed by atoms with Gasteiger partial charge in [0.1, 0.15) is 0 Å². The Morgan fingerprint density at radius 2 is 1.50 bits per heavy atom. The molecule has 0 aliphatic rings. The van der Waals surface area contributed by atoms with Crippen molar-refractivity contribution in [2.24, 2.45) is 0 Å². The summed E-state index contributed by atoms with van der Waals surface area (Å²) in [4.78, 5) is 17.9. The molecule has 0 aromatic carbocycles. The Kier molecular flexibility index (Phi) is 13.9. The molecule has 0 aromatic heterocycles. The molecule has 0 spiro atoms. The van der Waals surface area contributed by atoms with Crippen LogP contribution in [0.5, 0.6) is 0 Å². The third-order valence-electron chi connectivity index (χ3n) is 0.111. The van der Waals surface area contributed by atoms with Gasteiger partial charge in [-0.2, -0.15) is 0 Å². The number of carbonyl (C=O) groups is 2. The van der Waals surface area contributed by atoms with Crippen LogP contribution in [0.2, 0.25) is 0 Å². The fourth-order valence-electron chi connectivity index (χ4n) is 0.0227. The molecule has 0 saturated carbocycles. The molecule has 0 heterocycles. The average Bonchev–Trinajstić information content (AvgIpc) is 1.41. The third kappa shape index (κ3) is 8.98. The van der Waals surface area contributed by atoms with E-state index in [1.54, 1.807) is 0 Å². The van der Waals surface area contributed by atoms with Gasteiger partial charge in [0.05, 0.1) is 0 Å². The maximum atomic E-state index is 8.95. The predicted octanol–water partition coefficient (Wildman–Crippen LogP) is -0.687. The van der Waals surface area contributed by atoms with Crippen LogP contribution in [0.3, 0.4) is 0 Å². The minimum absolute atomic E-state index is 0. The Bertz CT molecular complexity index is 38.1. The Morgan fingerprint density at radius 1 is 1.17 bits per heavy atom. The molecule has 4 heteroatoms. The van der Waals surface area contributed by atoms with Crippen molar-refractivity contribution < 1.29 is 40.5 Å². The van der Waals surface area contributed by atoms with Gasteiger partial charge in [-0.1, -0.05) is 0 Å². The molecule has 0 unspecified atom stereocenters. The van der Waals surface area contributed by atoms with E-state index < -0.39 is 0 Å². The summed E-state index contributed by atoms with van der Waals surface area (Å²) in [6.07, 6.45) is 0. The summed E-state index contributed by atoms with van der Waals surface area (Å²) in [5.74, 6) is 0. The quantitative estimate of drug-likeness (QED) is 0.402. The van der Waals surface area contributed by atoms with E-state index >= 15 is 0 Å². The van der Waals surface area contributed by atoms with E-state index in [0.29, 0.717) is 0 Å². The van der Waals surface area contributed by atoms with Crippen molar-refractivity contribution in [1.29, 1.82) is 0 Å². The molecule has 0 bridgehead atoms. The van der Waals surface area contributed by atoms with E-state index in [9.17, 15) is 0 Å². The molecule has 0 atom stereocenters. The SMILES string of the molecule is O=COC=O.[Zr]. The zero-order valence-corrected chi connectivity index (χ0v) is 5.34. The van der Waals surface area contributed by atoms with Gasteiger partial charge in [-0.15, -0.1) is 0 Å². The van der Waals surface area contributed by atoms with Gasteiger partial charge < -0.3 is 4.74 Å². The van der Waals surface area contributed by atoms with Gasteiger partial charge in [0.2, 0.25) is 0 Å². The monoisotopic (exact) mass is 164 g/mol. The molecule has 0 radical (unpaired) electrons. The van der Waals surface area contributed by atoms with E-state index in [1.807, 2.05) is 0 Å². The van der Waals surface area contributed by atoms with Crippen LogP contribution in [-0.2, 0) is 40.5 Å². The summed E-state index contributed by atoms with van der Waals surface area (Å²) in [6.45, 7) is 0.125. The molecule has 32 valence electrons. The van der Waals surface area contributed by atoms with Gasteiger partial charge >= 0.3 is 12.9 Å². The van der Waals surface area contributed by atoms with Crippen molar-refractivity contribution in [3.8, 4) is 0 Å². The maximum Gasteiger partial charge on any atom is 0.300 e. The minimum Gasteiger partial charge on any atom is -0.398 e. The van der Waals surface area contributed by atoms with E-state index in [0.717, 1.165) is 0 Å². The number of hydrogen-bond donors (Lipinski definition) is 0. The van der Waals surface area contributed by atoms with Crippen molar-refractivity contribution in [3.63, 3.8) is 0 Å². The molecule has 0 fully saturated rings. The van der Waals surface area contributed by atoms with Crippen molar-refractivity contribution in [1.82, 2.24) is 0 Å². The van der Waals surface area contributed by atoms with Gasteiger partial charge in [-0.05, 0) is 0 Å². The molecular weight excluding hydrogens is 163 g/mol. The molecular formula is C2H2O3Zr. The van der Waals surface area contributed by atoms with Gasteiger partial charge in [-0.3, -0.25) is 9.59 Å². The van der Waals surface area contributed by atoms with Crippen LogP contribution in [0.4, 0.5) is 0 Å². The number of ether oxygens (including phenoxy) is 1. The van der Waals surface area contributed by atoms with Crippen LogP contribution in [0.1, 0.15) is 0 Å². The summed E-state index contributed by atoms with van der Waals surface area (Å²) in [5, 5.41) is 0. The third-order valence-corrected chi connectivity index (χ3v) is 0.111. The van der Waals surface area contributed by atoms with E-state index in [1.165, 1.54) is 0 Å². The first-order valence-electron chi connectivity index (χ1n) is 0.943. The second kappa shape index (κ2) is 8.90. The summed E-state index contributed by atoms with van der Waals surface area (Å²) in [7, 11) is 0. The van der Waals surface area contributed by atoms with E-state index in [4.69, 9.17) is 9.59 Å². The first-order chi connectivity index (χ1) is 2.41. The van der Waals surface area contributed by atoms with Gasteiger partial charge in [0, 0.05) is 26.2 Å². The first-order valence-corrected chi connectivity index (χ1v) is 0.943.